The highest BCUT2D eigenvalue weighted by molar-refractivity contribution is 6.29. The number of carbonyl (C=O) groups is 18. The smallest absolute Gasteiger partial charge is 0.347 e. The molecule has 13 N–H and O–H groups in total. The molecule has 0 spiro atoms. The maximum atomic E-state index is 14.4. The molecule has 0 atom stereocenters. The Morgan fingerprint density at radius 1 is 0.237 bits per heavy atom. The van der Waals surface area contributed by atoms with Gasteiger partial charge in [0.2, 0.25) is 0 Å². The van der Waals surface area contributed by atoms with Gasteiger partial charge >= 0.3 is 107 Å². The van der Waals surface area contributed by atoms with Crippen molar-refractivity contribution < 1.29 is 167 Å². The summed E-state index contributed by atoms with van der Waals surface area (Å²) in [5.74, 6) is -51.4. The van der Waals surface area contributed by atoms with Crippen LogP contribution in [0.3, 0.4) is 0 Å². The van der Waals surface area contributed by atoms with E-state index in [4.69, 9.17) is 4.74 Å². The van der Waals surface area contributed by atoms with Crippen molar-refractivity contribution in [3.8, 4) is 0 Å². The van der Waals surface area contributed by atoms with Crippen molar-refractivity contribution in [2.75, 3.05) is 6.61 Å². The number of unbranched alkanes of at least 4 members (excludes halogenated alkanes) is 3. The van der Waals surface area contributed by atoms with E-state index >= 15 is 0 Å². The number of benzene rings is 3. The first-order valence-electron chi connectivity index (χ1n) is 19.6. The summed E-state index contributed by atoms with van der Waals surface area (Å²) in [5.41, 5.74) is -42.4. The van der Waals surface area contributed by atoms with Crippen LogP contribution in [0.4, 0.5) is 0 Å². The molecule has 0 bridgehead atoms. The highest BCUT2D eigenvalue weighted by atomic mass is 16.6. The molecule has 0 heterocycles. The summed E-state index contributed by atoms with van der Waals surface area (Å²) in [6, 6.07) is 0. The minimum atomic E-state index is -3.13. The van der Waals surface area contributed by atoms with Gasteiger partial charge in [0.1, 0.15) is 0 Å². The van der Waals surface area contributed by atoms with Crippen molar-refractivity contribution in [1.82, 2.24) is 0 Å². The van der Waals surface area contributed by atoms with Crippen molar-refractivity contribution in [2.24, 2.45) is 0 Å². The Hall–Kier alpha value is -11.5. The quantitative estimate of drug-likeness (QED) is 0.0277. The number of carboxylic acids is 13. The molecule has 34 heteroatoms. The van der Waals surface area contributed by atoms with E-state index in [1.165, 1.54) is 0 Å². The zero-order chi connectivity index (χ0) is 58.4. The second-order valence-electron chi connectivity index (χ2n) is 14.3. The summed E-state index contributed by atoms with van der Waals surface area (Å²) in [5, 5.41) is 130. The van der Waals surface area contributed by atoms with Crippen molar-refractivity contribution >= 4 is 107 Å². The third-order valence-corrected chi connectivity index (χ3v) is 9.90. The molecule has 0 unspecified atom stereocenters. The standard InChI is InChI=1S/C42H26O34/c1-2-3-4-5-6-74-38(69)22-18(36(65)66)13(31(55)56)19(37(67)68)23(41(72)75-39(70)20-14(32(57)58)9(27(47)48)7(25(43)44)10(28(49)50)15(20)33(59)60)24(22)42(73)76-40(71)21-16(34(61)62)11(29(51)52)8(26(45)46)12(30(53)54)17(21)35(63)64/h2-6H2,1H3,(H,43,44)(H,45,46)(H,47,48)(H,49,50)(H,51,52)(H,53,54)(H,55,56)(H,57,58)(H,59,60)(H,61,62)(H,63,64)(H,65,66)(H,67,68). The summed E-state index contributed by atoms with van der Waals surface area (Å²) in [6.07, 6.45) is 0.754. The fourth-order valence-electron chi connectivity index (χ4n) is 7.19. The van der Waals surface area contributed by atoms with Crippen LogP contribution in [0.5, 0.6) is 0 Å². The number of rotatable bonds is 23. The third kappa shape index (κ3) is 10.9. The SMILES string of the molecule is CCCCCCOC(=O)c1c(C(=O)O)c(C(=O)O)c(C(=O)O)c(C(=O)OC(=O)c2c(C(=O)O)c(C(=O)O)c(C(=O)O)c(C(=O)O)c2C(=O)O)c1C(=O)OC(=O)c1c(C(=O)O)c(C(=O)O)c(C(=O)O)c(C(=O)O)c1C(=O)O. The topological polar surface area (TPSA) is 598 Å². The lowest BCUT2D eigenvalue weighted by atomic mass is 9.85. The molecule has 76 heavy (non-hydrogen) atoms. The first-order chi connectivity index (χ1) is 35.1. The largest absolute Gasteiger partial charge is 0.478 e. The van der Waals surface area contributed by atoms with Gasteiger partial charge in [-0.2, -0.15) is 0 Å². The van der Waals surface area contributed by atoms with Gasteiger partial charge in [0.25, 0.3) is 0 Å². The maximum absolute atomic E-state index is 14.4. The Kier molecular flexibility index (Phi) is 17.6. The minimum Gasteiger partial charge on any atom is -0.478 e. The van der Waals surface area contributed by atoms with E-state index in [-0.39, 0.29) is 12.8 Å². The van der Waals surface area contributed by atoms with Crippen LogP contribution < -0.4 is 0 Å². The molecule has 0 aliphatic rings. The lowest BCUT2D eigenvalue weighted by Gasteiger charge is -2.21. The molecule has 0 amide bonds. The zero-order valence-corrected chi connectivity index (χ0v) is 36.9. The molecule has 0 saturated heterocycles. The van der Waals surface area contributed by atoms with Crippen LogP contribution in [-0.2, 0) is 14.2 Å². The minimum absolute atomic E-state index is 0.142. The zero-order valence-electron chi connectivity index (χ0n) is 36.9. The van der Waals surface area contributed by atoms with Crippen molar-refractivity contribution in [1.29, 1.82) is 0 Å². The number of ether oxygens (including phenoxy) is 3. The van der Waals surface area contributed by atoms with E-state index in [9.17, 15) is 153 Å². The van der Waals surface area contributed by atoms with Crippen LogP contribution in [0, 0.1) is 0 Å². The summed E-state index contributed by atoms with van der Waals surface area (Å²) in [4.78, 5) is 233. The van der Waals surface area contributed by atoms with E-state index < -0.39 is 214 Å². The van der Waals surface area contributed by atoms with E-state index in [0.717, 1.165) is 0 Å². The number of hydrogen-bond donors (Lipinski definition) is 13. The lowest BCUT2D eigenvalue weighted by Crippen LogP contribution is -2.33. The third-order valence-electron chi connectivity index (χ3n) is 9.90. The second kappa shape index (κ2) is 22.7. The monoisotopic (exact) mass is 1070 g/mol. The normalized spacial score (nSPS) is 10.5. The Balaban J connectivity index is 2.82. The fourth-order valence-corrected chi connectivity index (χ4v) is 7.19. The van der Waals surface area contributed by atoms with Gasteiger partial charge in [-0.05, 0) is 6.42 Å². The summed E-state index contributed by atoms with van der Waals surface area (Å²) < 4.78 is 13.6. The van der Waals surface area contributed by atoms with Crippen LogP contribution in [0.15, 0.2) is 0 Å². The Labute approximate surface area is 413 Å². The predicted octanol–water partition coefficient (Wildman–Crippen LogP) is 1.49. The molecule has 3 aromatic rings. The average Bonchev–Trinajstić information content (AvgIpc) is 3.29. The highest BCUT2D eigenvalue weighted by Crippen LogP contribution is 2.36. The Morgan fingerprint density at radius 3 is 0.579 bits per heavy atom. The number of hydrogen-bond acceptors (Lipinski definition) is 21. The number of aromatic carboxylic acids is 13. The van der Waals surface area contributed by atoms with Crippen molar-refractivity contribution in [2.45, 2.75) is 32.6 Å². The van der Waals surface area contributed by atoms with E-state index in [0.29, 0.717) is 12.8 Å². The van der Waals surface area contributed by atoms with Crippen LogP contribution in [0.2, 0.25) is 0 Å². The number of carboxylic acid groups (broad SMARTS) is 13. The van der Waals surface area contributed by atoms with Gasteiger partial charge in [-0.3, -0.25) is 0 Å². The first-order valence-corrected chi connectivity index (χ1v) is 19.6. The van der Waals surface area contributed by atoms with Gasteiger partial charge in [-0.1, -0.05) is 26.2 Å². The molecule has 34 nitrogen and oxygen atoms in total. The van der Waals surface area contributed by atoms with Crippen molar-refractivity contribution in [3.63, 3.8) is 0 Å². The van der Waals surface area contributed by atoms with Gasteiger partial charge in [0, 0.05) is 0 Å². The molecular formula is C42H26O34. The van der Waals surface area contributed by atoms with Crippen LogP contribution >= 0.6 is 0 Å². The Bertz CT molecular complexity index is 3200. The predicted molar refractivity (Wildman–Crippen MR) is 224 cm³/mol. The van der Waals surface area contributed by atoms with Gasteiger partial charge in [-0.25, -0.2) is 86.3 Å². The second-order valence-corrected chi connectivity index (χ2v) is 14.3. The summed E-state index contributed by atoms with van der Waals surface area (Å²) >= 11 is 0. The molecule has 0 aromatic heterocycles. The lowest BCUT2D eigenvalue weighted by molar-refractivity contribution is 0.0342. The Morgan fingerprint density at radius 2 is 0.395 bits per heavy atom. The number of esters is 5. The summed E-state index contributed by atoms with van der Waals surface area (Å²) in [7, 11) is 0. The van der Waals surface area contributed by atoms with Gasteiger partial charge in [0.05, 0.1) is 107 Å². The first kappa shape index (κ1) is 58.8. The van der Waals surface area contributed by atoms with E-state index in [1.807, 2.05) is 0 Å². The van der Waals surface area contributed by atoms with E-state index in [2.05, 4.69) is 9.47 Å². The molecule has 3 rings (SSSR count). The fraction of sp³-hybridized carbons (Fsp3) is 0.143. The van der Waals surface area contributed by atoms with Gasteiger partial charge in [0.15, 0.2) is 0 Å². The van der Waals surface area contributed by atoms with E-state index in [1.54, 1.807) is 6.92 Å². The molecule has 0 aliphatic heterocycles. The summed E-state index contributed by atoms with van der Waals surface area (Å²) in [6.45, 7) is 0.742. The molecule has 3 aromatic carbocycles. The van der Waals surface area contributed by atoms with Gasteiger partial charge < -0.3 is 80.6 Å². The molecule has 0 aliphatic carbocycles. The van der Waals surface area contributed by atoms with Gasteiger partial charge in [-0.15, -0.1) is 0 Å². The van der Waals surface area contributed by atoms with Crippen molar-refractivity contribution in [3.05, 3.63) is 100 Å². The average molecular weight is 1070 g/mol. The van der Waals surface area contributed by atoms with Crippen LogP contribution in [0.25, 0.3) is 0 Å². The van der Waals surface area contributed by atoms with Crippen LogP contribution in [0.1, 0.15) is 219 Å². The molecule has 398 valence electrons. The molecule has 0 saturated carbocycles. The van der Waals surface area contributed by atoms with Crippen LogP contribution in [-0.4, -0.2) is 180 Å². The number of carbonyl (C=O) groups excluding carboxylic acids is 5. The molecular weight excluding hydrogens is 1050 g/mol. The highest BCUT2D eigenvalue weighted by Gasteiger charge is 2.47. The maximum Gasteiger partial charge on any atom is 0.347 e. The molecule has 0 fully saturated rings. The molecule has 0 radical (unpaired) electrons.